The lowest BCUT2D eigenvalue weighted by molar-refractivity contribution is -0.0503. The van der Waals surface area contributed by atoms with E-state index >= 15 is 0 Å². The van der Waals surface area contributed by atoms with Crippen LogP contribution in [-0.2, 0) is 0 Å². The van der Waals surface area contributed by atoms with Crippen LogP contribution in [-0.4, -0.2) is 53.9 Å². The van der Waals surface area contributed by atoms with Gasteiger partial charge in [0.15, 0.2) is 0 Å². The van der Waals surface area contributed by atoms with Crippen LogP contribution in [0, 0.1) is 5.92 Å². The van der Waals surface area contributed by atoms with Crippen molar-refractivity contribution >= 4 is 12.1 Å². The summed E-state index contributed by atoms with van der Waals surface area (Å²) < 4.78 is 0. The lowest BCUT2D eigenvalue weighted by Crippen LogP contribution is -2.67. The smallest absolute Gasteiger partial charge is 0.315 e. The van der Waals surface area contributed by atoms with Gasteiger partial charge in [0.2, 0.25) is 0 Å². The summed E-state index contributed by atoms with van der Waals surface area (Å²) in [6, 6.07) is 8.98. The number of hydrogen-bond acceptors (Lipinski definition) is 3. The fraction of sp³-hybridized carbons (Fsp3) is 0.625. The van der Waals surface area contributed by atoms with E-state index in [2.05, 4.69) is 45.9 Å². The molecule has 1 aromatic rings. The third-order valence-electron chi connectivity index (χ3n) is 6.38. The molecule has 1 saturated heterocycles. The summed E-state index contributed by atoms with van der Waals surface area (Å²) in [5.74, 6) is 0.953. The molecule has 2 amide bonds. The van der Waals surface area contributed by atoms with Gasteiger partial charge in [0.25, 0.3) is 0 Å². The molecule has 0 spiro atoms. The first-order valence-electron chi connectivity index (χ1n) is 11.2. The maximum atomic E-state index is 12.2. The maximum Gasteiger partial charge on any atom is 0.315 e. The van der Waals surface area contributed by atoms with Gasteiger partial charge in [-0.25, -0.2) is 4.79 Å². The number of urea groups is 1. The molecule has 1 heterocycles. The Hall–Kier alpha value is -1.85. The lowest BCUT2D eigenvalue weighted by Gasteiger charge is -2.56. The van der Waals surface area contributed by atoms with Crippen molar-refractivity contribution in [1.29, 1.82) is 0 Å². The van der Waals surface area contributed by atoms with Crippen LogP contribution < -0.4 is 10.6 Å². The van der Waals surface area contributed by atoms with Crippen molar-refractivity contribution in [3.05, 3.63) is 41.5 Å². The largest absolute Gasteiger partial charge is 0.395 e. The molecule has 3 atom stereocenters. The number of carbonyl (C=O) groups excluding carboxylic acids is 1. The molecule has 160 valence electrons. The Labute approximate surface area is 175 Å². The van der Waals surface area contributed by atoms with E-state index < -0.39 is 0 Å². The summed E-state index contributed by atoms with van der Waals surface area (Å²) in [6.45, 7) is 7.73. The molecule has 2 aliphatic rings. The molecule has 0 unspecified atom stereocenters. The number of aliphatic hydroxyl groups is 1. The highest BCUT2D eigenvalue weighted by Gasteiger charge is 2.49. The number of amides is 2. The van der Waals surface area contributed by atoms with E-state index in [1.165, 1.54) is 36.8 Å². The Bertz CT molecular complexity index is 680. The van der Waals surface area contributed by atoms with Gasteiger partial charge in [-0.15, -0.1) is 0 Å². The number of benzene rings is 1. The van der Waals surface area contributed by atoms with Crippen LogP contribution in [0.4, 0.5) is 4.79 Å². The van der Waals surface area contributed by atoms with Crippen LogP contribution in [0.1, 0.15) is 63.5 Å². The minimum absolute atomic E-state index is 0.115. The predicted octanol–water partition coefficient (Wildman–Crippen LogP) is 3.75. The summed E-state index contributed by atoms with van der Waals surface area (Å²) in [4.78, 5) is 14.6. The number of likely N-dealkylation sites (tertiary alicyclic amines) is 1. The zero-order valence-corrected chi connectivity index (χ0v) is 18.1. The first-order chi connectivity index (χ1) is 14.0. The summed E-state index contributed by atoms with van der Waals surface area (Å²) >= 11 is 0. The van der Waals surface area contributed by atoms with Crippen molar-refractivity contribution in [1.82, 2.24) is 15.5 Å². The van der Waals surface area contributed by atoms with Crippen molar-refractivity contribution in [2.24, 2.45) is 5.92 Å². The zero-order valence-electron chi connectivity index (χ0n) is 18.1. The Morgan fingerprint density at radius 1 is 1.21 bits per heavy atom. The van der Waals surface area contributed by atoms with Gasteiger partial charge in [-0.2, -0.15) is 0 Å². The minimum Gasteiger partial charge on any atom is -0.395 e. The molecule has 0 aromatic heterocycles. The SMILES string of the molecule is C/C=C/c1ccc([C@H]2[C@@H](CO)N(CC3CCCC3)[C@@H]2CNC(=O)NC(C)C)cc1. The van der Waals surface area contributed by atoms with Crippen molar-refractivity contribution in [3.8, 4) is 0 Å². The highest BCUT2D eigenvalue weighted by molar-refractivity contribution is 5.74. The van der Waals surface area contributed by atoms with Gasteiger partial charge in [-0.3, -0.25) is 4.90 Å². The standard InChI is InChI=1S/C24H37N3O2/c1-4-7-18-10-12-20(13-11-18)23-21(14-25-24(29)26-17(2)3)27(22(23)16-28)15-19-8-5-6-9-19/h4,7,10-13,17,19,21-23,28H,5-6,8-9,14-16H2,1-3H3,(H2,25,26,29)/b7-4+/t21-,22-,23-/m1/s1. The number of nitrogens with one attached hydrogen (secondary N) is 2. The normalized spacial score (nSPS) is 25.5. The van der Waals surface area contributed by atoms with E-state index in [1.807, 2.05) is 26.8 Å². The van der Waals surface area contributed by atoms with Crippen LogP contribution in [0.25, 0.3) is 6.08 Å². The first-order valence-corrected chi connectivity index (χ1v) is 11.2. The third-order valence-corrected chi connectivity index (χ3v) is 6.38. The van der Waals surface area contributed by atoms with E-state index in [1.54, 1.807) is 0 Å². The molecule has 3 rings (SSSR count). The van der Waals surface area contributed by atoms with E-state index in [9.17, 15) is 9.90 Å². The number of allylic oxidation sites excluding steroid dienone is 1. The Kier molecular flexibility index (Phi) is 7.73. The number of aliphatic hydroxyl groups excluding tert-OH is 1. The van der Waals surface area contributed by atoms with Crippen LogP contribution in [0.15, 0.2) is 30.3 Å². The molecular formula is C24H37N3O2. The van der Waals surface area contributed by atoms with Crippen molar-refractivity contribution < 1.29 is 9.90 Å². The van der Waals surface area contributed by atoms with Gasteiger partial charge in [-0.05, 0) is 50.7 Å². The van der Waals surface area contributed by atoms with Crippen LogP contribution >= 0.6 is 0 Å². The Balaban J connectivity index is 1.74. The average molecular weight is 400 g/mol. The molecule has 0 bridgehead atoms. The minimum atomic E-state index is -0.115. The molecule has 0 radical (unpaired) electrons. The summed E-state index contributed by atoms with van der Waals surface area (Å²) in [5, 5.41) is 16.1. The molecule has 29 heavy (non-hydrogen) atoms. The number of carbonyl (C=O) groups is 1. The maximum absolute atomic E-state index is 12.2. The summed E-state index contributed by atoms with van der Waals surface area (Å²) in [7, 11) is 0. The lowest BCUT2D eigenvalue weighted by atomic mass is 9.74. The number of nitrogens with zero attached hydrogens (tertiary/aromatic N) is 1. The van der Waals surface area contributed by atoms with Crippen molar-refractivity contribution in [3.63, 3.8) is 0 Å². The van der Waals surface area contributed by atoms with Gasteiger partial charge >= 0.3 is 6.03 Å². The molecule has 1 aromatic carbocycles. The average Bonchev–Trinajstić information content (AvgIpc) is 3.19. The van der Waals surface area contributed by atoms with Gasteiger partial charge in [0, 0.05) is 37.1 Å². The Morgan fingerprint density at radius 3 is 2.48 bits per heavy atom. The molecule has 1 aliphatic heterocycles. The van der Waals surface area contributed by atoms with Crippen LogP contribution in [0.2, 0.25) is 0 Å². The molecular weight excluding hydrogens is 362 g/mol. The number of rotatable bonds is 8. The van der Waals surface area contributed by atoms with Crippen molar-refractivity contribution in [2.75, 3.05) is 19.7 Å². The van der Waals surface area contributed by atoms with Crippen molar-refractivity contribution in [2.45, 2.75) is 70.5 Å². The second-order valence-corrected chi connectivity index (χ2v) is 8.87. The fourth-order valence-electron chi connectivity index (χ4n) is 5.01. The molecule has 1 saturated carbocycles. The fourth-order valence-corrected chi connectivity index (χ4v) is 5.01. The second-order valence-electron chi connectivity index (χ2n) is 8.87. The van der Waals surface area contributed by atoms with Gasteiger partial charge < -0.3 is 15.7 Å². The third kappa shape index (κ3) is 5.40. The number of hydrogen-bond donors (Lipinski definition) is 3. The molecule has 1 aliphatic carbocycles. The molecule has 2 fully saturated rings. The molecule has 5 nitrogen and oxygen atoms in total. The Morgan fingerprint density at radius 2 is 1.90 bits per heavy atom. The summed E-state index contributed by atoms with van der Waals surface area (Å²) in [6.07, 6.45) is 9.33. The molecule has 5 heteroatoms. The van der Waals surface area contributed by atoms with E-state index in [0.717, 1.165) is 6.54 Å². The highest BCUT2D eigenvalue weighted by Crippen LogP contribution is 2.42. The summed E-state index contributed by atoms with van der Waals surface area (Å²) in [5.41, 5.74) is 2.43. The second kappa shape index (κ2) is 10.3. The highest BCUT2D eigenvalue weighted by atomic mass is 16.3. The van der Waals surface area contributed by atoms with Gasteiger partial charge in [0.05, 0.1) is 6.61 Å². The van der Waals surface area contributed by atoms with E-state index in [-0.39, 0.29) is 36.7 Å². The zero-order chi connectivity index (χ0) is 20.8. The quantitative estimate of drug-likeness (QED) is 0.624. The van der Waals surface area contributed by atoms with E-state index in [4.69, 9.17) is 0 Å². The van der Waals surface area contributed by atoms with Gasteiger partial charge in [-0.1, -0.05) is 49.3 Å². The van der Waals surface area contributed by atoms with Crippen LogP contribution in [0.3, 0.4) is 0 Å². The van der Waals surface area contributed by atoms with Crippen LogP contribution in [0.5, 0.6) is 0 Å². The topological polar surface area (TPSA) is 64.6 Å². The van der Waals surface area contributed by atoms with Gasteiger partial charge in [0.1, 0.15) is 0 Å². The predicted molar refractivity (Wildman–Crippen MR) is 119 cm³/mol. The molecule has 3 N–H and O–H groups in total. The monoisotopic (exact) mass is 399 g/mol. The van der Waals surface area contributed by atoms with E-state index in [0.29, 0.717) is 12.5 Å². The first kappa shape index (κ1) is 21.8.